The van der Waals surface area contributed by atoms with Crippen LogP contribution in [0.5, 0.6) is 0 Å². The van der Waals surface area contributed by atoms with E-state index in [1.165, 1.54) is 18.1 Å². The number of nitrogens with zero attached hydrogens (tertiary/aromatic N) is 4. The Balaban J connectivity index is 2.15. The van der Waals surface area contributed by atoms with E-state index in [4.69, 9.17) is 5.53 Å². The molecule has 0 radical (unpaired) electrons. The van der Waals surface area contributed by atoms with Crippen LogP contribution < -0.4 is 0 Å². The SMILES string of the molecule is CC1CSCCN1CCCN=[N+]=[N-]. The van der Waals surface area contributed by atoms with Crippen LogP contribution in [0, 0.1) is 0 Å². The van der Waals surface area contributed by atoms with Crippen molar-refractivity contribution < 1.29 is 0 Å². The molecule has 74 valence electrons. The van der Waals surface area contributed by atoms with Crippen molar-refractivity contribution >= 4 is 11.8 Å². The fourth-order valence-electron chi connectivity index (χ4n) is 1.48. The smallest absolute Gasteiger partial charge is 0.0270 e. The molecule has 0 bridgehead atoms. The van der Waals surface area contributed by atoms with Crippen LogP contribution >= 0.6 is 11.8 Å². The van der Waals surface area contributed by atoms with Gasteiger partial charge in [-0.2, -0.15) is 11.8 Å². The Morgan fingerprint density at radius 3 is 3.23 bits per heavy atom. The van der Waals surface area contributed by atoms with Crippen LogP contribution in [-0.4, -0.2) is 42.1 Å². The summed E-state index contributed by atoms with van der Waals surface area (Å²) in [5.74, 6) is 2.48. The molecule has 1 rings (SSSR count). The number of rotatable bonds is 4. The summed E-state index contributed by atoms with van der Waals surface area (Å²) < 4.78 is 0. The molecular formula is C8H16N4S. The van der Waals surface area contributed by atoms with E-state index in [-0.39, 0.29) is 0 Å². The van der Waals surface area contributed by atoms with Gasteiger partial charge in [0.15, 0.2) is 0 Å². The zero-order chi connectivity index (χ0) is 9.52. The maximum atomic E-state index is 8.10. The molecule has 0 aromatic carbocycles. The molecule has 1 saturated heterocycles. The first-order valence-corrected chi connectivity index (χ1v) is 5.82. The van der Waals surface area contributed by atoms with Crippen molar-refractivity contribution in [3.8, 4) is 0 Å². The average molecular weight is 200 g/mol. The Morgan fingerprint density at radius 1 is 1.69 bits per heavy atom. The first-order chi connectivity index (χ1) is 6.34. The molecule has 1 fully saturated rings. The summed E-state index contributed by atoms with van der Waals surface area (Å²) in [5.41, 5.74) is 8.10. The van der Waals surface area contributed by atoms with Gasteiger partial charge in [0.25, 0.3) is 0 Å². The minimum absolute atomic E-state index is 0.632. The minimum Gasteiger partial charge on any atom is -0.299 e. The Morgan fingerprint density at radius 2 is 2.54 bits per heavy atom. The Bertz CT molecular complexity index is 191. The van der Waals surface area contributed by atoms with Crippen molar-refractivity contribution in [2.75, 3.05) is 31.1 Å². The van der Waals surface area contributed by atoms with Gasteiger partial charge in [-0.15, -0.1) is 0 Å². The van der Waals surface area contributed by atoms with E-state index in [0.29, 0.717) is 12.6 Å². The second kappa shape index (κ2) is 6.13. The molecule has 0 saturated carbocycles. The molecule has 1 unspecified atom stereocenters. The van der Waals surface area contributed by atoms with Gasteiger partial charge >= 0.3 is 0 Å². The molecule has 1 heterocycles. The zero-order valence-electron chi connectivity index (χ0n) is 8.02. The van der Waals surface area contributed by atoms with E-state index in [1.807, 2.05) is 11.8 Å². The summed E-state index contributed by atoms with van der Waals surface area (Å²) in [5, 5.41) is 3.53. The topological polar surface area (TPSA) is 52.0 Å². The van der Waals surface area contributed by atoms with Crippen molar-refractivity contribution in [3.63, 3.8) is 0 Å². The number of thioether (sulfide) groups is 1. The normalized spacial score (nSPS) is 23.9. The fraction of sp³-hybridized carbons (Fsp3) is 1.00. The summed E-state index contributed by atoms with van der Waals surface area (Å²) in [4.78, 5) is 5.22. The zero-order valence-corrected chi connectivity index (χ0v) is 8.83. The van der Waals surface area contributed by atoms with E-state index in [0.717, 1.165) is 13.0 Å². The summed E-state index contributed by atoms with van der Waals surface area (Å²) in [6.07, 6.45) is 0.985. The molecule has 0 aromatic rings. The summed E-state index contributed by atoms with van der Waals surface area (Å²) >= 11 is 2.03. The fourth-order valence-corrected chi connectivity index (χ4v) is 2.57. The highest BCUT2D eigenvalue weighted by molar-refractivity contribution is 7.99. The highest BCUT2D eigenvalue weighted by atomic mass is 32.2. The molecule has 0 amide bonds. The Labute approximate surface area is 83.3 Å². The molecule has 1 aliphatic heterocycles. The van der Waals surface area contributed by atoms with Crippen LogP contribution in [0.3, 0.4) is 0 Å². The summed E-state index contributed by atoms with van der Waals surface area (Å²) in [6, 6.07) is 0.685. The molecule has 0 aromatic heterocycles. The average Bonchev–Trinajstić information content (AvgIpc) is 2.15. The van der Waals surface area contributed by atoms with Crippen LogP contribution in [0.1, 0.15) is 13.3 Å². The van der Waals surface area contributed by atoms with Gasteiger partial charge < -0.3 is 0 Å². The monoisotopic (exact) mass is 200 g/mol. The third kappa shape index (κ3) is 3.89. The molecule has 0 spiro atoms. The van der Waals surface area contributed by atoms with Crippen molar-refractivity contribution in [3.05, 3.63) is 10.4 Å². The highest BCUT2D eigenvalue weighted by Gasteiger charge is 2.17. The van der Waals surface area contributed by atoms with Gasteiger partial charge in [0, 0.05) is 35.5 Å². The lowest BCUT2D eigenvalue weighted by atomic mass is 10.3. The quantitative estimate of drug-likeness (QED) is 0.302. The molecule has 13 heavy (non-hydrogen) atoms. The standard InChI is InChI=1S/C8H16N4S/c1-8-7-13-6-5-12(8)4-2-3-10-11-9/h8H,2-7H2,1H3. The van der Waals surface area contributed by atoms with E-state index in [1.54, 1.807) is 0 Å². The highest BCUT2D eigenvalue weighted by Crippen LogP contribution is 2.15. The number of hydrogen-bond acceptors (Lipinski definition) is 3. The van der Waals surface area contributed by atoms with Crippen molar-refractivity contribution in [1.82, 2.24) is 4.90 Å². The van der Waals surface area contributed by atoms with Crippen molar-refractivity contribution in [1.29, 1.82) is 0 Å². The summed E-state index contributed by atoms with van der Waals surface area (Å²) in [7, 11) is 0. The van der Waals surface area contributed by atoms with Gasteiger partial charge in [0.2, 0.25) is 0 Å². The first kappa shape index (κ1) is 10.7. The van der Waals surface area contributed by atoms with Gasteiger partial charge in [0.05, 0.1) is 0 Å². The Kier molecular flexibility index (Phi) is 5.05. The van der Waals surface area contributed by atoms with Gasteiger partial charge in [-0.25, -0.2) is 0 Å². The van der Waals surface area contributed by atoms with Gasteiger partial charge in [-0.05, 0) is 25.4 Å². The van der Waals surface area contributed by atoms with Crippen LogP contribution in [-0.2, 0) is 0 Å². The van der Waals surface area contributed by atoms with Crippen molar-refractivity contribution in [2.24, 2.45) is 5.11 Å². The van der Waals surface area contributed by atoms with E-state index in [2.05, 4.69) is 21.8 Å². The molecule has 1 atom stereocenters. The second-order valence-electron chi connectivity index (χ2n) is 3.27. The van der Waals surface area contributed by atoms with E-state index in [9.17, 15) is 0 Å². The molecular weight excluding hydrogens is 184 g/mol. The third-order valence-electron chi connectivity index (χ3n) is 2.27. The van der Waals surface area contributed by atoms with E-state index >= 15 is 0 Å². The molecule has 1 aliphatic rings. The second-order valence-corrected chi connectivity index (χ2v) is 4.42. The van der Waals surface area contributed by atoms with Gasteiger partial charge in [0.1, 0.15) is 0 Å². The maximum Gasteiger partial charge on any atom is 0.0270 e. The molecule has 0 aliphatic carbocycles. The lowest BCUT2D eigenvalue weighted by molar-refractivity contribution is 0.231. The van der Waals surface area contributed by atoms with Crippen LogP contribution in [0.15, 0.2) is 5.11 Å². The molecule has 0 N–H and O–H groups in total. The van der Waals surface area contributed by atoms with Crippen LogP contribution in [0.2, 0.25) is 0 Å². The molecule has 5 heteroatoms. The predicted octanol–water partition coefficient (Wildman–Crippen LogP) is 2.12. The van der Waals surface area contributed by atoms with Gasteiger partial charge in [-0.3, -0.25) is 4.90 Å². The maximum absolute atomic E-state index is 8.10. The first-order valence-electron chi connectivity index (χ1n) is 4.67. The van der Waals surface area contributed by atoms with Crippen molar-refractivity contribution in [2.45, 2.75) is 19.4 Å². The predicted molar refractivity (Wildman–Crippen MR) is 57.0 cm³/mol. The largest absolute Gasteiger partial charge is 0.299 e. The third-order valence-corrected chi connectivity index (χ3v) is 3.46. The van der Waals surface area contributed by atoms with E-state index < -0.39 is 0 Å². The van der Waals surface area contributed by atoms with Gasteiger partial charge in [-0.1, -0.05) is 5.11 Å². The summed E-state index contributed by atoms with van der Waals surface area (Å²) in [6.45, 7) is 5.15. The number of azide groups is 1. The lowest BCUT2D eigenvalue weighted by Gasteiger charge is -2.32. The lowest BCUT2D eigenvalue weighted by Crippen LogP contribution is -2.40. The Hall–Kier alpha value is -0.380. The van der Waals surface area contributed by atoms with Crippen LogP contribution in [0.4, 0.5) is 0 Å². The minimum atomic E-state index is 0.632. The van der Waals surface area contributed by atoms with Crippen LogP contribution in [0.25, 0.3) is 10.4 Å². The number of hydrogen-bond donors (Lipinski definition) is 0. The molecule has 4 nitrogen and oxygen atoms in total.